The van der Waals surface area contributed by atoms with Crippen molar-refractivity contribution in [3.05, 3.63) is 36.0 Å². The van der Waals surface area contributed by atoms with Gasteiger partial charge in [0.05, 0.1) is 0 Å². The Morgan fingerprint density at radius 3 is 2.74 bits per heavy atom. The van der Waals surface area contributed by atoms with Crippen molar-refractivity contribution in [2.75, 3.05) is 0 Å². The minimum Gasteiger partial charge on any atom is -0.347 e. The predicted molar refractivity (Wildman–Crippen MR) is 83.4 cm³/mol. The number of nitrogens with zero attached hydrogens (tertiary/aromatic N) is 1. The maximum absolute atomic E-state index is 3.48. The molecule has 1 aromatic heterocycles. The Morgan fingerprint density at radius 1 is 1.16 bits per heavy atom. The Hall–Kier alpha value is -1.28. The van der Waals surface area contributed by atoms with Crippen molar-refractivity contribution >= 4 is 10.9 Å². The number of unbranched alkanes of at least 4 members (excludes halogenated alkanes) is 2. The molecule has 1 N–H and O–H groups in total. The van der Waals surface area contributed by atoms with Crippen LogP contribution in [0.1, 0.15) is 45.6 Å². The molecule has 2 nitrogen and oxygen atoms in total. The quantitative estimate of drug-likeness (QED) is 0.731. The van der Waals surface area contributed by atoms with Crippen LogP contribution in [0.2, 0.25) is 0 Å². The highest BCUT2D eigenvalue weighted by Gasteiger charge is 2.03. The zero-order chi connectivity index (χ0) is 13.7. The van der Waals surface area contributed by atoms with Gasteiger partial charge in [0, 0.05) is 30.8 Å². The summed E-state index contributed by atoms with van der Waals surface area (Å²) < 4.78 is 2.39. The maximum atomic E-state index is 3.48. The molecule has 0 atom stereocenters. The average Bonchev–Trinajstić information content (AvgIpc) is 2.79. The second-order valence-electron chi connectivity index (χ2n) is 5.65. The van der Waals surface area contributed by atoms with E-state index in [1.54, 1.807) is 0 Å². The molecule has 2 heteroatoms. The Kier molecular flexibility index (Phi) is 5.03. The summed E-state index contributed by atoms with van der Waals surface area (Å²) in [6.45, 7) is 8.72. The topological polar surface area (TPSA) is 17.0 Å². The molecule has 104 valence electrons. The van der Waals surface area contributed by atoms with E-state index in [1.807, 2.05) is 0 Å². The minimum atomic E-state index is 0.534. The molecule has 0 fully saturated rings. The predicted octanol–water partition coefficient (Wildman–Crippen LogP) is 4.33. The van der Waals surface area contributed by atoms with E-state index in [-0.39, 0.29) is 0 Å². The molecule has 19 heavy (non-hydrogen) atoms. The minimum absolute atomic E-state index is 0.534. The molecule has 0 bridgehead atoms. The van der Waals surface area contributed by atoms with Crippen molar-refractivity contribution in [1.29, 1.82) is 0 Å². The molecular weight excluding hydrogens is 232 g/mol. The number of benzene rings is 1. The molecule has 0 amide bonds. The number of hydrogen-bond donors (Lipinski definition) is 1. The standard InChI is InChI=1S/C17H26N2/c1-4-5-6-10-19-11-9-16-8-7-15(12-17(16)19)13-18-14(2)3/h7-9,11-12,14,18H,4-6,10,13H2,1-3H3. The van der Waals surface area contributed by atoms with Crippen LogP contribution in [0.3, 0.4) is 0 Å². The molecule has 0 saturated carbocycles. The van der Waals surface area contributed by atoms with Crippen LogP contribution in [0.25, 0.3) is 10.9 Å². The summed E-state index contributed by atoms with van der Waals surface area (Å²) in [6.07, 6.45) is 6.09. The van der Waals surface area contributed by atoms with Gasteiger partial charge in [-0.3, -0.25) is 0 Å². The zero-order valence-electron chi connectivity index (χ0n) is 12.4. The second-order valence-corrected chi connectivity index (χ2v) is 5.65. The van der Waals surface area contributed by atoms with Gasteiger partial charge in [-0.05, 0) is 29.5 Å². The van der Waals surface area contributed by atoms with Gasteiger partial charge in [-0.15, -0.1) is 0 Å². The van der Waals surface area contributed by atoms with Gasteiger partial charge in [0.25, 0.3) is 0 Å². The molecule has 0 aliphatic carbocycles. The van der Waals surface area contributed by atoms with Gasteiger partial charge < -0.3 is 9.88 Å². The average molecular weight is 258 g/mol. The van der Waals surface area contributed by atoms with Crippen LogP contribution in [0.15, 0.2) is 30.5 Å². The first-order valence-electron chi connectivity index (χ1n) is 7.52. The van der Waals surface area contributed by atoms with Crippen LogP contribution >= 0.6 is 0 Å². The molecule has 0 radical (unpaired) electrons. The Labute approximate surface area is 116 Å². The number of aryl methyl sites for hydroxylation is 1. The van der Waals surface area contributed by atoms with Crippen LogP contribution in [0.5, 0.6) is 0 Å². The normalized spacial score (nSPS) is 11.6. The van der Waals surface area contributed by atoms with Crippen molar-refractivity contribution in [2.45, 2.75) is 59.2 Å². The highest BCUT2D eigenvalue weighted by molar-refractivity contribution is 5.80. The Balaban J connectivity index is 2.12. The summed E-state index contributed by atoms with van der Waals surface area (Å²) in [4.78, 5) is 0. The molecule has 0 unspecified atom stereocenters. The lowest BCUT2D eigenvalue weighted by atomic mass is 10.1. The van der Waals surface area contributed by atoms with E-state index in [4.69, 9.17) is 0 Å². The smallest absolute Gasteiger partial charge is 0.0483 e. The van der Waals surface area contributed by atoms with Gasteiger partial charge in [-0.1, -0.05) is 45.7 Å². The second kappa shape index (κ2) is 6.76. The van der Waals surface area contributed by atoms with Crippen LogP contribution in [0.4, 0.5) is 0 Å². The first-order valence-corrected chi connectivity index (χ1v) is 7.52. The van der Waals surface area contributed by atoms with Crippen molar-refractivity contribution in [2.24, 2.45) is 0 Å². The number of hydrogen-bond acceptors (Lipinski definition) is 1. The molecule has 2 aromatic rings. The maximum Gasteiger partial charge on any atom is 0.0483 e. The lowest BCUT2D eigenvalue weighted by molar-refractivity contribution is 0.588. The summed E-state index contributed by atoms with van der Waals surface area (Å²) >= 11 is 0. The molecule has 0 aliphatic rings. The number of fused-ring (bicyclic) bond motifs is 1. The van der Waals surface area contributed by atoms with E-state index in [2.05, 4.69) is 61.1 Å². The van der Waals surface area contributed by atoms with Crippen LogP contribution in [-0.2, 0) is 13.1 Å². The Bertz CT molecular complexity index is 511. The third-order valence-corrected chi connectivity index (χ3v) is 3.56. The fraction of sp³-hybridized carbons (Fsp3) is 0.529. The SMILES string of the molecule is CCCCCn1ccc2ccc(CNC(C)C)cc21. The van der Waals surface area contributed by atoms with Crippen molar-refractivity contribution in [1.82, 2.24) is 9.88 Å². The highest BCUT2D eigenvalue weighted by Crippen LogP contribution is 2.18. The largest absolute Gasteiger partial charge is 0.347 e. The van der Waals surface area contributed by atoms with E-state index < -0.39 is 0 Å². The van der Waals surface area contributed by atoms with E-state index in [0.29, 0.717) is 6.04 Å². The van der Waals surface area contributed by atoms with Crippen LogP contribution in [0, 0.1) is 0 Å². The van der Waals surface area contributed by atoms with E-state index >= 15 is 0 Å². The zero-order valence-corrected chi connectivity index (χ0v) is 12.4. The molecular formula is C17H26N2. The van der Waals surface area contributed by atoms with E-state index in [9.17, 15) is 0 Å². The first kappa shape index (κ1) is 14.1. The van der Waals surface area contributed by atoms with E-state index in [0.717, 1.165) is 13.1 Å². The summed E-state index contributed by atoms with van der Waals surface area (Å²) in [5.41, 5.74) is 2.75. The third kappa shape index (κ3) is 3.84. The molecule has 1 aromatic carbocycles. The highest BCUT2D eigenvalue weighted by atomic mass is 14.9. The lowest BCUT2D eigenvalue weighted by Gasteiger charge is -2.09. The van der Waals surface area contributed by atoms with Crippen molar-refractivity contribution < 1.29 is 0 Å². The summed E-state index contributed by atoms with van der Waals surface area (Å²) in [5, 5.41) is 4.83. The van der Waals surface area contributed by atoms with Gasteiger partial charge in [-0.2, -0.15) is 0 Å². The van der Waals surface area contributed by atoms with E-state index in [1.165, 1.54) is 35.7 Å². The van der Waals surface area contributed by atoms with Crippen molar-refractivity contribution in [3.8, 4) is 0 Å². The third-order valence-electron chi connectivity index (χ3n) is 3.56. The van der Waals surface area contributed by atoms with Crippen LogP contribution in [-0.4, -0.2) is 10.6 Å². The van der Waals surface area contributed by atoms with Gasteiger partial charge in [0.1, 0.15) is 0 Å². The van der Waals surface area contributed by atoms with Gasteiger partial charge in [0.15, 0.2) is 0 Å². The van der Waals surface area contributed by atoms with Gasteiger partial charge >= 0.3 is 0 Å². The van der Waals surface area contributed by atoms with Crippen LogP contribution < -0.4 is 5.32 Å². The Morgan fingerprint density at radius 2 is 2.00 bits per heavy atom. The molecule has 2 rings (SSSR count). The first-order chi connectivity index (χ1) is 9.20. The van der Waals surface area contributed by atoms with Gasteiger partial charge in [0.2, 0.25) is 0 Å². The fourth-order valence-corrected chi connectivity index (χ4v) is 2.39. The van der Waals surface area contributed by atoms with Gasteiger partial charge in [-0.25, -0.2) is 0 Å². The monoisotopic (exact) mass is 258 g/mol. The number of nitrogens with one attached hydrogen (secondary N) is 1. The number of aromatic nitrogens is 1. The lowest BCUT2D eigenvalue weighted by Crippen LogP contribution is -2.21. The summed E-state index contributed by atoms with van der Waals surface area (Å²) in [6, 6.07) is 9.56. The van der Waals surface area contributed by atoms with Crippen molar-refractivity contribution in [3.63, 3.8) is 0 Å². The summed E-state index contributed by atoms with van der Waals surface area (Å²) in [7, 11) is 0. The molecule has 1 heterocycles. The molecule has 0 saturated heterocycles. The fourth-order valence-electron chi connectivity index (χ4n) is 2.39. The number of rotatable bonds is 7. The summed E-state index contributed by atoms with van der Waals surface area (Å²) in [5.74, 6) is 0. The molecule has 0 aliphatic heterocycles. The molecule has 0 spiro atoms.